The third-order valence-corrected chi connectivity index (χ3v) is 12.9. The number of rotatable bonds is 11. The summed E-state index contributed by atoms with van der Waals surface area (Å²) in [5.41, 5.74) is -4.85. The molecule has 0 bridgehead atoms. The topological polar surface area (TPSA) is 222 Å². The normalized spacial score (nSPS) is 43.8. The van der Waals surface area contributed by atoms with Gasteiger partial charge in [-0.3, -0.25) is 14.5 Å². The van der Waals surface area contributed by atoms with E-state index in [0.717, 1.165) is 0 Å². The lowest BCUT2D eigenvalue weighted by Crippen LogP contribution is -2.61. The number of ether oxygens (including phenoxy) is 7. The molecule has 0 aromatic rings. The highest BCUT2D eigenvalue weighted by Crippen LogP contribution is 2.41. The molecule has 350 valence electrons. The molecule has 17 heteroatoms. The first-order valence-electron chi connectivity index (χ1n) is 21.5. The molecule has 3 saturated heterocycles. The van der Waals surface area contributed by atoms with Crippen LogP contribution in [0.1, 0.15) is 115 Å². The van der Waals surface area contributed by atoms with Gasteiger partial charge in [0.1, 0.15) is 23.4 Å². The smallest absolute Gasteiger partial charge is 0.331 e. The Hall–Kier alpha value is -2.76. The molecule has 0 aromatic heterocycles. The first-order chi connectivity index (χ1) is 28.3. The largest absolute Gasteiger partial charge is 0.459 e. The number of likely N-dealkylation sites (N-methyl/N-ethyl adjacent to an activating group) is 1. The summed E-state index contributed by atoms with van der Waals surface area (Å²) >= 11 is 0. The SMILES string of the molecule is C#CCCN(C)[C@H]1C[C@@H](C)O[C@@H](O[C@@H]2[C@@H](C)[C@H](OC3C[C@@](C)(OC)[C@@H](OC(C)=O)[C@H](C)O3)[C@@H](C)C(=O)O[C@H](CC)[C@@](C)(O)[C@H](O)[C@@H](C)/C(=N/OC(C)=O)[C@H](C)C[C@@]2(C)O)[C@@H]1O. The number of terminal acetylenes is 1. The van der Waals surface area contributed by atoms with E-state index in [-0.39, 0.29) is 31.1 Å². The molecule has 0 radical (unpaired) electrons. The molecular weight excluding hydrogens is 796 g/mol. The lowest BCUT2D eigenvalue weighted by Gasteiger charge is -2.49. The highest BCUT2D eigenvalue weighted by atomic mass is 16.7. The average Bonchev–Trinajstić information content (AvgIpc) is 3.17. The van der Waals surface area contributed by atoms with E-state index in [1.807, 2.05) is 18.9 Å². The van der Waals surface area contributed by atoms with Gasteiger partial charge in [-0.25, -0.2) is 4.79 Å². The molecule has 0 aromatic carbocycles. The van der Waals surface area contributed by atoms with E-state index < -0.39 is 120 Å². The maximum atomic E-state index is 14.4. The molecule has 0 amide bonds. The second-order valence-electron chi connectivity index (χ2n) is 18.2. The van der Waals surface area contributed by atoms with Crippen molar-refractivity contribution in [3.8, 4) is 12.3 Å². The van der Waals surface area contributed by atoms with Crippen molar-refractivity contribution in [2.75, 3.05) is 20.7 Å². The number of carbonyl (C=O) groups excluding carboxylic acids is 3. The van der Waals surface area contributed by atoms with Crippen LogP contribution in [0.5, 0.6) is 0 Å². The second kappa shape index (κ2) is 21.7. The summed E-state index contributed by atoms with van der Waals surface area (Å²) in [5, 5.41) is 52.5. The Morgan fingerprint density at radius 1 is 0.967 bits per heavy atom. The number of esters is 2. The minimum Gasteiger partial charge on any atom is -0.459 e. The van der Waals surface area contributed by atoms with Crippen molar-refractivity contribution in [2.45, 2.75) is 199 Å². The van der Waals surface area contributed by atoms with E-state index in [0.29, 0.717) is 19.4 Å². The quantitative estimate of drug-likeness (QED) is 0.101. The van der Waals surface area contributed by atoms with Crippen molar-refractivity contribution in [3.63, 3.8) is 0 Å². The predicted octanol–water partition coefficient (Wildman–Crippen LogP) is 3.10. The van der Waals surface area contributed by atoms with Crippen molar-refractivity contribution < 1.29 is 72.8 Å². The predicted molar refractivity (Wildman–Crippen MR) is 222 cm³/mol. The van der Waals surface area contributed by atoms with Gasteiger partial charge in [0.2, 0.25) is 0 Å². The third kappa shape index (κ3) is 12.7. The van der Waals surface area contributed by atoms with Crippen LogP contribution in [0.3, 0.4) is 0 Å². The zero-order valence-corrected chi connectivity index (χ0v) is 38.7. The van der Waals surface area contributed by atoms with Crippen LogP contribution < -0.4 is 0 Å². The standard InChI is InChI=1S/C44H74N2O15/c1-16-18-19-46(14)31-20-24(4)55-41(35(31)49)60-38-26(6)36(59-33-22-43(12,54-15)39(28(8)56-33)57-29(9)47)27(7)40(51)58-32(17-2)44(13,53)37(50)25(5)34(45-61-30(10)48)23(3)21-42(38,11)52/h1,23-28,31-33,35-39,41,49-50,52-53H,17-22H2,2-15H3/b45-34+/t23-,24-,25+,26+,27-,28+,31+,32-,33?,35-,36+,37-,38-,39+,41+,42-,43-,44-/m1/s1. The van der Waals surface area contributed by atoms with Gasteiger partial charge < -0.3 is 58.4 Å². The van der Waals surface area contributed by atoms with Crippen LogP contribution in [-0.2, 0) is 52.4 Å². The van der Waals surface area contributed by atoms with Gasteiger partial charge in [-0.2, -0.15) is 0 Å². The van der Waals surface area contributed by atoms with E-state index in [1.165, 1.54) is 34.8 Å². The molecule has 17 nitrogen and oxygen atoms in total. The lowest BCUT2D eigenvalue weighted by molar-refractivity contribution is -0.318. The number of methoxy groups -OCH3 is 1. The minimum absolute atomic E-state index is 0.0513. The van der Waals surface area contributed by atoms with Crippen LogP contribution in [0.25, 0.3) is 0 Å². The summed E-state index contributed by atoms with van der Waals surface area (Å²) in [7, 11) is 3.33. The summed E-state index contributed by atoms with van der Waals surface area (Å²) < 4.78 is 43.7. The Balaban J connectivity index is 2.27. The summed E-state index contributed by atoms with van der Waals surface area (Å²) in [6.07, 6.45) is -4.25. The van der Waals surface area contributed by atoms with Crippen LogP contribution in [0.15, 0.2) is 5.16 Å². The molecule has 0 spiro atoms. The number of aliphatic hydroxyl groups is 4. The Kier molecular flexibility index (Phi) is 18.7. The molecular formula is C44H74N2O15. The molecule has 61 heavy (non-hydrogen) atoms. The first kappa shape index (κ1) is 52.6. The van der Waals surface area contributed by atoms with Gasteiger partial charge in [0.25, 0.3) is 0 Å². The summed E-state index contributed by atoms with van der Waals surface area (Å²) in [5.74, 6) is -3.20. The van der Waals surface area contributed by atoms with Crippen LogP contribution in [0.4, 0.5) is 0 Å². The summed E-state index contributed by atoms with van der Waals surface area (Å²) in [6.45, 7) is 19.5. The Morgan fingerprint density at radius 2 is 1.61 bits per heavy atom. The maximum absolute atomic E-state index is 14.4. The fourth-order valence-electron chi connectivity index (χ4n) is 9.43. The van der Waals surface area contributed by atoms with Crippen LogP contribution in [-0.4, -0.2) is 154 Å². The monoisotopic (exact) mass is 871 g/mol. The van der Waals surface area contributed by atoms with Gasteiger partial charge in [0, 0.05) is 64.1 Å². The Labute approximate surface area is 362 Å². The number of hydrogen-bond acceptors (Lipinski definition) is 17. The molecule has 3 aliphatic rings. The molecule has 4 N–H and O–H groups in total. The van der Waals surface area contributed by atoms with Gasteiger partial charge in [-0.05, 0) is 67.9 Å². The average molecular weight is 871 g/mol. The van der Waals surface area contributed by atoms with Crippen LogP contribution >= 0.6 is 0 Å². The fraction of sp³-hybridized carbons (Fsp3) is 0.864. The zero-order valence-electron chi connectivity index (χ0n) is 38.7. The number of cyclic esters (lactones) is 1. The summed E-state index contributed by atoms with van der Waals surface area (Å²) in [6, 6.07) is -0.432. The second-order valence-corrected chi connectivity index (χ2v) is 18.2. The van der Waals surface area contributed by atoms with Crippen LogP contribution in [0.2, 0.25) is 0 Å². The molecule has 1 unspecified atom stereocenters. The van der Waals surface area contributed by atoms with Crippen molar-refractivity contribution in [1.29, 1.82) is 0 Å². The number of hydrogen-bond donors (Lipinski definition) is 4. The van der Waals surface area contributed by atoms with E-state index in [4.69, 9.17) is 44.4 Å². The number of oxime groups is 1. The molecule has 3 fully saturated rings. The third-order valence-electron chi connectivity index (χ3n) is 12.9. The number of nitrogens with zero attached hydrogens (tertiary/aromatic N) is 2. The number of aliphatic hydroxyl groups excluding tert-OH is 2. The minimum atomic E-state index is -2.04. The molecule has 18 atom stereocenters. The van der Waals surface area contributed by atoms with Crippen molar-refractivity contribution >= 4 is 23.6 Å². The van der Waals surface area contributed by atoms with E-state index >= 15 is 0 Å². The molecule has 0 saturated carbocycles. The highest BCUT2D eigenvalue weighted by Gasteiger charge is 2.54. The lowest BCUT2D eigenvalue weighted by atomic mass is 9.73. The molecule has 3 heterocycles. The van der Waals surface area contributed by atoms with Gasteiger partial charge in [0.05, 0.1) is 47.8 Å². The van der Waals surface area contributed by atoms with Crippen molar-refractivity contribution in [2.24, 2.45) is 28.8 Å². The summed E-state index contributed by atoms with van der Waals surface area (Å²) in [4.78, 5) is 45.6. The van der Waals surface area contributed by atoms with E-state index in [9.17, 15) is 34.8 Å². The van der Waals surface area contributed by atoms with E-state index in [2.05, 4.69) is 11.1 Å². The zero-order chi connectivity index (χ0) is 46.4. The van der Waals surface area contributed by atoms with Gasteiger partial charge >= 0.3 is 17.9 Å². The molecule has 3 aliphatic heterocycles. The fourth-order valence-corrected chi connectivity index (χ4v) is 9.43. The van der Waals surface area contributed by atoms with Gasteiger partial charge in [0.15, 0.2) is 18.7 Å². The maximum Gasteiger partial charge on any atom is 0.331 e. The van der Waals surface area contributed by atoms with Crippen LogP contribution in [0, 0.1) is 36.0 Å². The highest BCUT2D eigenvalue weighted by molar-refractivity contribution is 5.89. The van der Waals surface area contributed by atoms with E-state index in [1.54, 1.807) is 48.5 Å². The van der Waals surface area contributed by atoms with Crippen molar-refractivity contribution in [1.82, 2.24) is 4.90 Å². The Bertz CT molecular complexity index is 1550. The Morgan fingerprint density at radius 3 is 2.16 bits per heavy atom. The first-order valence-corrected chi connectivity index (χ1v) is 21.5. The van der Waals surface area contributed by atoms with Crippen molar-refractivity contribution in [3.05, 3.63) is 0 Å². The number of carbonyl (C=O) groups is 3. The van der Waals surface area contributed by atoms with Gasteiger partial charge in [-0.1, -0.05) is 32.9 Å². The molecule has 3 rings (SSSR count). The van der Waals surface area contributed by atoms with Gasteiger partial charge in [-0.15, -0.1) is 12.3 Å². The molecule has 0 aliphatic carbocycles.